The smallest absolute Gasteiger partial charge is 0.269 e. The topological polar surface area (TPSA) is 179 Å². The van der Waals surface area contributed by atoms with Crippen molar-refractivity contribution in [3.63, 3.8) is 0 Å². The minimum atomic E-state index is -0.516. The molecule has 0 atom stereocenters. The number of oxime groups is 2. The fourth-order valence-electron chi connectivity index (χ4n) is 3.35. The summed E-state index contributed by atoms with van der Waals surface area (Å²) in [5, 5.41) is 39.8. The highest BCUT2D eigenvalue weighted by Gasteiger charge is 2.17. The molecule has 0 fully saturated rings. The molecule has 212 valence electrons. The van der Waals surface area contributed by atoms with Crippen molar-refractivity contribution in [2.45, 2.75) is 32.1 Å². The number of halogens is 3. The van der Waals surface area contributed by atoms with Gasteiger partial charge in [0.25, 0.3) is 11.8 Å². The van der Waals surface area contributed by atoms with Gasteiger partial charge in [-0.1, -0.05) is 16.4 Å². The first-order valence-corrected chi connectivity index (χ1v) is 14.3. The van der Waals surface area contributed by atoms with Gasteiger partial charge in [-0.25, -0.2) is 0 Å². The number of nitrogens with two attached hydrogens (primary N) is 1. The van der Waals surface area contributed by atoms with Crippen molar-refractivity contribution in [3.8, 4) is 11.5 Å². The summed E-state index contributed by atoms with van der Waals surface area (Å²) in [4.78, 5) is 24.6. The molecule has 0 radical (unpaired) electrons. The number of nitrogens with zero attached hydrogens (tertiary/aromatic N) is 2. The lowest BCUT2D eigenvalue weighted by atomic mass is 10.1. The number of carbonyl (C=O) groups excluding carboxylic acids is 2. The van der Waals surface area contributed by atoms with Crippen LogP contribution in [0.4, 0.5) is 0 Å². The van der Waals surface area contributed by atoms with Gasteiger partial charge in [-0.2, -0.15) is 0 Å². The molecule has 0 heterocycles. The molecule has 2 rings (SSSR count). The number of nitrogens with one attached hydrogen (secondary N) is 2. The van der Waals surface area contributed by atoms with Crippen LogP contribution in [0.3, 0.4) is 0 Å². The third-order valence-corrected chi connectivity index (χ3v) is 7.16. The summed E-state index contributed by atoms with van der Waals surface area (Å²) in [6, 6.07) is 8.28. The Morgan fingerprint density at radius 2 is 1.36 bits per heavy atom. The van der Waals surface area contributed by atoms with Crippen LogP contribution < -0.4 is 21.1 Å². The van der Waals surface area contributed by atoms with Crippen LogP contribution in [-0.2, 0) is 22.4 Å². The molecule has 14 heteroatoms. The standard InChI is InChI=1S/C25H30Br3N5O6/c26-17-10-15(4-5-22(17)34)13-20(32-37)24(35)31-8-3-9-39-23-18(27)11-16(12-19(23)28)14-21(33-38)25(36)30-7-2-1-6-29/h4-5,10-12,34,37-38H,1-3,6-9,13-14,29H2,(H,30,36)(H,31,35)/b32-20+,33-21+. The van der Waals surface area contributed by atoms with E-state index < -0.39 is 11.8 Å². The SMILES string of the molecule is NCCCCNC(=O)/C(Cc1cc(Br)c(OCCCNC(=O)/C(Cc2ccc(O)c(Br)c2)=N/O)c(Br)c1)=N/O. The molecule has 0 spiro atoms. The molecule has 0 aliphatic heterocycles. The highest BCUT2D eigenvalue weighted by atomic mass is 79.9. The van der Waals surface area contributed by atoms with Crippen molar-refractivity contribution in [2.75, 3.05) is 26.2 Å². The van der Waals surface area contributed by atoms with Gasteiger partial charge in [0.05, 0.1) is 20.0 Å². The highest BCUT2D eigenvalue weighted by molar-refractivity contribution is 9.11. The molecule has 0 aliphatic rings. The van der Waals surface area contributed by atoms with E-state index in [0.717, 1.165) is 18.4 Å². The number of phenolic OH excluding ortho intramolecular Hbond substituents is 1. The highest BCUT2D eigenvalue weighted by Crippen LogP contribution is 2.35. The van der Waals surface area contributed by atoms with Crippen LogP contribution in [0.15, 0.2) is 54.1 Å². The van der Waals surface area contributed by atoms with Crippen molar-refractivity contribution in [1.29, 1.82) is 0 Å². The number of carbonyl (C=O) groups is 2. The third kappa shape index (κ3) is 10.8. The molecule has 2 aromatic carbocycles. The molecule has 0 aromatic heterocycles. The Bertz CT molecular complexity index is 1190. The van der Waals surface area contributed by atoms with Crippen molar-refractivity contribution in [2.24, 2.45) is 16.0 Å². The maximum Gasteiger partial charge on any atom is 0.269 e. The summed E-state index contributed by atoms with van der Waals surface area (Å²) in [6.07, 6.45) is 2.20. The van der Waals surface area contributed by atoms with Gasteiger partial charge in [0.1, 0.15) is 22.9 Å². The summed E-state index contributed by atoms with van der Waals surface area (Å²) in [7, 11) is 0. The van der Waals surface area contributed by atoms with Gasteiger partial charge in [0.2, 0.25) is 0 Å². The number of amides is 2. The molecule has 0 saturated heterocycles. The van der Waals surface area contributed by atoms with E-state index in [2.05, 4.69) is 68.7 Å². The van der Waals surface area contributed by atoms with Crippen molar-refractivity contribution >= 4 is 71.0 Å². The summed E-state index contributed by atoms with van der Waals surface area (Å²) < 4.78 is 7.58. The normalized spacial score (nSPS) is 11.8. The van der Waals surface area contributed by atoms with E-state index in [1.165, 1.54) is 6.07 Å². The Labute approximate surface area is 251 Å². The molecular weight excluding hydrogens is 706 g/mol. The van der Waals surface area contributed by atoms with Gasteiger partial charge in [-0.3, -0.25) is 9.59 Å². The quantitative estimate of drug-likeness (QED) is 0.0696. The fourth-order valence-corrected chi connectivity index (χ4v) is 5.28. The third-order valence-electron chi connectivity index (χ3n) is 5.35. The minimum Gasteiger partial charge on any atom is -0.507 e. The van der Waals surface area contributed by atoms with Crippen LogP contribution in [0.5, 0.6) is 11.5 Å². The lowest BCUT2D eigenvalue weighted by Crippen LogP contribution is -2.33. The molecule has 0 aliphatic carbocycles. The van der Waals surface area contributed by atoms with Gasteiger partial charge in [0.15, 0.2) is 0 Å². The second-order valence-electron chi connectivity index (χ2n) is 8.33. The van der Waals surface area contributed by atoms with E-state index in [4.69, 9.17) is 10.5 Å². The van der Waals surface area contributed by atoms with Gasteiger partial charge >= 0.3 is 0 Å². The Hall–Kier alpha value is -2.68. The molecule has 7 N–H and O–H groups in total. The molecule has 2 aromatic rings. The Kier molecular flexibility index (Phi) is 14.3. The maximum atomic E-state index is 12.4. The van der Waals surface area contributed by atoms with Crippen LogP contribution in [0.25, 0.3) is 0 Å². The van der Waals surface area contributed by atoms with E-state index in [1.54, 1.807) is 24.3 Å². The zero-order chi connectivity index (χ0) is 28.8. The second kappa shape index (κ2) is 17.1. The predicted molar refractivity (Wildman–Crippen MR) is 158 cm³/mol. The number of hydrogen-bond acceptors (Lipinski definition) is 9. The largest absolute Gasteiger partial charge is 0.507 e. The van der Waals surface area contributed by atoms with Crippen molar-refractivity contribution < 1.29 is 29.8 Å². The first kappa shape index (κ1) is 32.5. The number of phenols is 1. The molecule has 0 saturated carbocycles. The lowest BCUT2D eigenvalue weighted by molar-refractivity contribution is -0.115. The van der Waals surface area contributed by atoms with Crippen LogP contribution in [0, 0.1) is 0 Å². The van der Waals surface area contributed by atoms with Gasteiger partial charge in [-0.15, -0.1) is 0 Å². The average Bonchev–Trinajstić information content (AvgIpc) is 2.91. The number of ether oxygens (including phenoxy) is 1. The van der Waals surface area contributed by atoms with E-state index in [1.807, 2.05) is 0 Å². The number of benzene rings is 2. The van der Waals surface area contributed by atoms with E-state index >= 15 is 0 Å². The van der Waals surface area contributed by atoms with E-state index in [0.29, 0.717) is 44.2 Å². The Morgan fingerprint density at radius 1 is 0.821 bits per heavy atom. The summed E-state index contributed by atoms with van der Waals surface area (Å²) in [5.41, 5.74) is 6.76. The van der Waals surface area contributed by atoms with Crippen molar-refractivity contribution in [1.82, 2.24) is 10.6 Å². The number of unbranched alkanes of at least 4 members (excludes halogenated alkanes) is 1. The van der Waals surface area contributed by atoms with Crippen LogP contribution in [-0.4, -0.2) is 65.0 Å². The Balaban J connectivity index is 1.83. The van der Waals surface area contributed by atoms with Gasteiger partial charge < -0.3 is 36.6 Å². The zero-order valence-electron chi connectivity index (χ0n) is 20.9. The monoisotopic (exact) mass is 733 g/mol. The van der Waals surface area contributed by atoms with Crippen LogP contribution in [0.1, 0.15) is 30.4 Å². The summed E-state index contributed by atoms with van der Waals surface area (Å²) in [5.74, 6) is -0.360. The fraction of sp³-hybridized carbons (Fsp3) is 0.360. The number of aromatic hydroxyl groups is 1. The van der Waals surface area contributed by atoms with Gasteiger partial charge in [0, 0.05) is 25.9 Å². The molecule has 0 bridgehead atoms. The molecule has 11 nitrogen and oxygen atoms in total. The average molecular weight is 736 g/mol. The van der Waals surface area contributed by atoms with Crippen molar-refractivity contribution in [3.05, 3.63) is 54.9 Å². The second-order valence-corrected chi connectivity index (χ2v) is 10.9. The maximum absolute atomic E-state index is 12.4. The first-order valence-electron chi connectivity index (χ1n) is 12.0. The summed E-state index contributed by atoms with van der Waals surface area (Å²) >= 11 is 10.1. The number of hydrogen-bond donors (Lipinski definition) is 6. The molecule has 0 unspecified atom stereocenters. The van der Waals surface area contributed by atoms with E-state index in [-0.39, 0.29) is 43.2 Å². The first-order chi connectivity index (χ1) is 18.7. The lowest BCUT2D eigenvalue weighted by Gasteiger charge is -2.13. The molecule has 2 amide bonds. The van der Waals surface area contributed by atoms with Crippen LogP contribution in [0.2, 0.25) is 0 Å². The van der Waals surface area contributed by atoms with Gasteiger partial charge in [-0.05, 0) is 109 Å². The van der Waals surface area contributed by atoms with E-state index in [9.17, 15) is 25.1 Å². The molecular formula is C25H30Br3N5O6. The Morgan fingerprint density at radius 3 is 1.90 bits per heavy atom. The number of rotatable bonds is 15. The molecule has 39 heavy (non-hydrogen) atoms. The predicted octanol–water partition coefficient (Wildman–Crippen LogP) is 3.87. The zero-order valence-corrected chi connectivity index (χ0v) is 25.7. The van der Waals surface area contributed by atoms with Crippen LogP contribution >= 0.6 is 47.8 Å². The summed E-state index contributed by atoms with van der Waals surface area (Å²) in [6.45, 7) is 1.55. The minimum absolute atomic E-state index is 0.0187.